The number of benzene rings is 1. The second-order valence-corrected chi connectivity index (χ2v) is 5.27. The maximum absolute atomic E-state index is 12.4. The van der Waals surface area contributed by atoms with Crippen LogP contribution < -0.4 is 10.6 Å². The summed E-state index contributed by atoms with van der Waals surface area (Å²) in [5, 5.41) is 16.0. The third-order valence-electron chi connectivity index (χ3n) is 3.73. The van der Waals surface area contributed by atoms with Crippen LogP contribution in [0.5, 0.6) is 0 Å². The third kappa shape index (κ3) is 2.78. The second-order valence-electron chi connectivity index (χ2n) is 5.27. The fraction of sp³-hybridized carbons (Fsp3) is 0.200. The first-order valence-electron chi connectivity index (χ1n) is 7.14. The predicted octanol–water partition coefficient (Wildman–Crippen LogP) is 0.678. The lowest BCUT2D eigenvalue weighted by atomic mass is 10.0. The summed E-state index contributed by atoms with van der Waals surface area (Å²) in [6, 6.07) is 4.74. The summed E-state index contributed by atoms with van der Waals surface area (Å²) in [6.07, 6.45) is 1.76. The summed E-state index contributed by atoms with van der Waals surface area (Å²) in [5.41, 5.74) is 0.146. The third-order valence-corrected chi connectivity index (χ3v) is 3.73. The van der Waals surface area contributed by atoms with E-state index >= 15 is 0 Å². The van der Waals surface area contributed by atoms with Gasteiger partial charge in [-0.1, -0.05) is 0 Å². The van der Waals surface area contributed by atoms with E-state index in [4.69, 9.17) is 0 Å². The summed E-state index contributed by atoms with van der Waals surface area (Å²) >= 11 is 0. The number of fused-ring (bicyclic) bond motifs is 1. The lowest BCUT2D eigenvalue weighted by Gasteiger charge is -2.21. The van der Waals surface area contributed by atoms with Crippen molar-refractivity contribution in [1.29, 1.82) is 0 Å². The van der Waals surface area contributed by atoms with Crippen molar-refractivity contribution in [2.75, 3.05) is 0 Å². The molecule has 0 saturated carbocycles. The van der Waals surface area contributed by atoms with Crippen LogP contribution in [-0.2, 0) is 9.59 Å². The number of aromatic nitrogens is 1. The van der Waals surface area contributed by atoms with Crippen LogP contribution in [0.1, 0.15) is 23.2 Å². The Morgan fingerprint density at radius 2 is 2.12 bits per heavy atom. The zero-order chi connectivity index (χ0) is 17.3. The van der Waals surface area contributed by atoms with Gasteiger partial charge in [-0.05, 0) is 24.6 Å². The predicted molar refractivity (Wildman–Crippen MR) is 82.0 cm³/mol. The van der Waals surface area contributed by atoms with Gasteiger partial charge in [0.25, 0.3) is 11.6 Å². The first kappa shape index (κ1) is 15.5. The lowest BCUT2D eigenvalue weighted by molar-refractivity contribution is -0.383. The fourth-order valence-corrected chi connectivity index (χ4v) is 2.57. The number of carbonyl (C=O) groups excluding carboxylic acids is 3. The fourth-order valence-electron chi connectivity index (χ4n) is 2.57. The average Bonchev–Trinajstić information content (AvgIpc) is 2.56. The number of pyridine rings is 1. The molecule has 1 aliphatic rings. The number of nitrogens with zero attached hydrogens (tertiary/aromatic N) is 2. The molecule has 9 nitrogen and oxygen atoms in total. The molecule has 2 heterocycles. The van der Waals surface area contributed by atoms with Crippen LogP contribution in [0.15, 0.2) is 30.5 Å². The highest BCUT2D eigenvalue weighted by molar-refractivity contribution is 6.09. The summed E-state index contributed by atoms with van der Waals surface area (Å²) in [6.45, 7) is 0. The summed E-state index contributed by atoms with van der Waals surface area (Å²) in [7, 11) is 0. The van der Waals surface area contributed by atoms with E-state index in [1.807, 2.05) is 0 Å². The number of nitrogens with one attached hydrogen (secondary N) is 2. The maximum Gasteiger partial charge on any atom is 0.278 e. The van der Waals surface area contributed by atoms with E-state index in [2.05, 4.69) is 15.6 Å². The molecule has 2 aromatic rings. The Balaban J connectivity index is 1.93. The molecule has 1 aliphatic heterocycles. The first-order valence-corrected chi connectivity index (χ1v) is 7.14. The summed E-state index contributed by atoms with van der Waals surface area (Å²) < 4.78 is 0. The van der Waals surface area contributed by atoms with E-state index in [0.717, 1.165) is 0 Å². The number of hydrogen-bond acceptors (Lipinski definition) is 6. The van der Waals surface area contributed by atoms with Gasteiger partial charge in [0.2, 0.25) is 11.8 Å². The SMILES string of the molecule is O=C1CCC(NC(=O)c2ccc([N+](=O)[O-])c3cccnc23)C(=O)N1. The number of rotatable bonds is 3. The van der Waals surface area contributed by atoms with Crippen LogP contribution in [0.4, 0.5) is 5.69 Å². The standard InChI is InChI=1S/C15H12N4O5/c20-12-6-4-10(15(22)18-12)17-14(21)9-3-5-11(19(23)24)8-2-1-7-16-13(8)9/h1-3,5,7,10H,4,6H2,(H,17,21)(H,18,20,22). The van der Waals surface area contributed by atoms with E-state index in [-0.39, 0.29) is 40.9 Å². The summed E-state index contributed by atoms with van der Waals surface area (Å²) in [5.74, 6) is -1.53. The van der Waals surface area contributed by atoms with E-state index in [0.29, 0.717) is 0 Å². The molecule has 0 spiro atoms. The topological polar surface area (TPSA) is 131 Å². The number of amides is 3. The molecule has 1 aromatic heterocycles. The molecule has 1 atom stereocenters. The van der Waals surface area contributed by atoms with Crippen molar-refractivity contribution in [2.45, 2.75) is 18.9 Å². The Morgan fingerprint density at radius 1 is 1.33 bits per heavy atom. The van der Waals surface area contributed by atoms with Crippen LogP contribution in [0.3, 0.4) is 0 Å². The average molecular weight is 328 g/mol. The van der Waals surface area contributed by atoms with Crippen LogP contribution in [0, 0.1) is 10.1 Å². The quantitative estimate of drug-likeness (QED) is 0.484. The smallest absolute Gasteiger partial charge is 0.278 e. The molecule has 1 aromatic carbocycles. The van der Waals surface area contributed by atoms with Gasteiger partial charge in [0.15, 0.2) is 0 Å². The number of non-ortho nitro benzene ring substituents is 1. The van der Waals surface area contributed by atoms with Gasteiger partial charge in [0, 0.05) is 18.7 Å². The Hall–Kier alpha value is -3.36. The first-order chi connectivity index (χ1) is 11.5. The Labute approximate surface area is 135 Å². The summed E-state index contributed by atoms with van der Waals surface area (Å²) in [4.78, 5) is 49.9. The maximum atomic E-state index is 12.4. The number of hydrogen-bond donors (Lipinski definition) is 2. The van der Waals surface area contributed by atoms with Gasteiger partial charge in [-0.25, -0.2) is 0 Å². The highest BCUT2D eigenvalue weighted by Gasteiger charge is 2.29. The molecule has 24 heavy (non-hydrogen) atoms. The normalized spacial score (nSPS) is 17.4. The highest BCUT2D eigenvalue weighted by atomic mass is 16.6. The molecule has 1 saturated heterocycles. The van der Waals surface area contributed by atoms with Crippen molar-refractivity contribution < 1.29 is 19.3 Å². The number of carbonyl (C=O) groups is 3. The molecule has 0 aliphatic carbocycles. The van der Waals surface area contributed by atoms with Crippen LogP contribution in [0.25, 0.3) is 10.9 Å². The van der Waals surface area contributed by atoms with Gasteiger partial charge in [-0.3, -0.25) is 34.8 Å². The van der Waals surface area contributed by atoms with Gasteiger partial charge in [-0.2, -0.15) is 0 Å². The number of imide groups is 1. The molecular weight excluding hydrogens is 316 g/mol. The van der Waals surface area contributed by atoms with Crippen molar-refractivity contribution >= 4 is 34.3 Å². The molecule has 3 rings (SSSR count). The van der Waals surface area contributed by atoms with E-state index in [9.17, 15) is 24.5 Å². The molecule has 1 fully saturated rings. The van der Waals surface area contributed by atoms with E-state index in [1.54, 1.807) is 0 Å². The van der Waals surface area contributed by atoms with Crippen molar-refractivity contribution in [1.82, 2.24) is 15.6 Å². The monoisotopic (exact) mass is 328 g/mol. The van der Waals surface area contributed by atoms with Gasteiger partial charge in [0.05, 0.1) is 21.4 Å². The highest BCUT2D eigenvalue weighted by Crippen LogP contribution is 2.26. The van der Waals surface area contributed by atoms with E-state index < -0.39 is 22.8 Å². The number of nitro groups is 1. The molecular formula is C15H12N4O5. The molecule has 3 amide bonds. The minimum absolute atomic E-state index is 0.126. The number of piperidine rings is 1. The molecule has 0 bridgehead atoms. The zero-order valence-electron chi connectivity index (χ0n) is 12.3. The van der Waals surface area contributed by atoms with Gasteiger partial charge in [0.1, 0.15) is 6.04 Å². The van der Waals surface area contributed by atoms with Crippen LogP contribution in [-0.4, -0.2) is 33.7 Å². The van der Waals surface area contributed by atoms with Crippen molar-refractivity contribution in [3.63, 3.8) is 0 Å². The minimum atomic E-state index is -0.829. The zero-order valence-corrected chi connectivity index (χ0v) is 12.3. The second kappa shape index (κ2) is 6.03. The lowest BCUT2D eigenvalue weighted by Crippen LogP contribution is -2.52. The van der Waals surface area contributed by atoms with Crippen molar-refractivity contribution in [2.24, 2.45) is 0 Å². The minimum Gasteiger partial charge on any atom is -0.340 e. The Morgan fingerprint density at radius 3 is 2.83 bits per heavy atom. The Bertz CT molecular complexity index is 879. The van der Waals surface area contributed by atoms with E-state index in [1.165, 1.54) is 30.5 Å². The van der Waals surface area contributed by atoms with Crippen LogP contribution in [0.2, 0.25) is 0 Å². The number of nitro benzene ring substituents is 1. The van der Waals surface area contributed by atoms with Gasteiger partial charge >= 0.3 is 0 Å². The largest absolute Gasteiger partial charge is 0.340 e. The molecule has 1 unspecified atom stereocenters. The van der Waals surface area contributed by atoms with Crippen molar-refractivity contribution in [3.8, 4) is 0 Å². The van der Waals surface area contributed by atoms with Crippen molar-refractivity contribution in [3.05, 3.63) is 46.1 Å². The Kier molecular flexibility index (Phi) is 3.90. The molecule has 2 N–H and O–H groups in total. The van der Waals surface area contributed by atoms with Gasteiger partial charge in [-0.15, -0.1) is 0 Å². The van der Waals surface area contributed by atoms with Gasteiger partial charge < -0.3 is 5.32 Å². The molecule has 122 valence electrons. The molecule has 0 radical (unpaired) electrons. The van der Waals surface area contributed by atoms with Crippen LogP contribution >= 0.6 is 0 Å². The molecule has 9 heteroatoms.